The molecule has 0 aliphatic carbocycles. The second kappa shape index (κ2) is 12.1. The number of thioether (sulfide) groups is 1. The van der Waals surface area contributed by atoms with Crippen LogP contribution < -0.4 is 10.0 Å². The third kappa shape index (κ3) is 7.74. The van der Waals surface area contributed by atoms with Gasteiger partial charge in [0, 0.05) is 49.6 Å². The van der Waals surface area contributed by atoms with Crippen molar-refractivity contribution in [1.29, 1.82) is 0 Å². The average molecular weight is 527 g/mol. The Morgan fingerprint density at radius 3 is 2.89 bits per heavy atom. The Morgan fingerprint density at radius 1 is 1.48 bits per heavy atom. The molecule has 1 fully saturated rings. The van der Waals surface area contributed by atoms with Gasteiger partial charge >= 0.3 is 0 Å². The van der Waals surface area contributed by atoms with E-state index in [9.17, 15) is 8.42 Å². The van der Waals surface area contributed by atoms with Crippen molar-refractivity contribution < 1.29 is 8.42 Å². The number of aliphatic imine (C=N–C) groups is 1. The molecule has 0 aromatic carbocycles. The van der Waals surface area contributed by atoms with Crippen LogP contribution in [-0.4, -0.2) is 68.0 Å². The monoisotopic (exact) mass is 527 g/mol. The average Bonchev–Trinajstić information content (AvgIpc) is 2.65. The number of halogens is 1. The molecule has 154 valence electrons. The van der Waals surface area contributed by atoms with E-state index in [1.807, 2.05) is 18.7 Å². The molecule has 1 aliphatic rings. The molecule has 1 saturated heterocycles. The van der Waals surface area contributed by atoms with E-state index < -0.39 is 10.0 Å². The zero-order valence-corrected chi connectivity index (χ0v) is 20.1. The van der Waals surface area contributed by atoms with Crippen LogP contribution in [0.4, 0.5) is 0 Å². The van der Waals surface area contributed by atoms with Crippen molar-refractivity contribution in [3.8, 4) is 0 Å². The fourth-order valence-electron chi connectivity index (χ4n) is 2.63. The van der Waals surface area contributed by atoms with Crippen molar-refractivity contribution in [3.63, 3.8) is 0 Å². The molecule has 1 aromatic rings. The van der Waals surface area contributed by atoms with E-state index in [1.54, 1.807) is 12.3 Å². The smallest absolute Gasteiger partial charge is 0.242 e. The van der Waals surface area contributed by atoms with Gasteiger partial charge in [0.1, 0.15) is 4.90 Å². The Labute approximate surface area is 184 Å². The first-order chi connectivity index (χ1) is 12.4. The molecule has 0 spiro atoms. The summed E-state index contributed by atoms with van der Waals surface area (Å²) in [5.74, 6) is 2.57. The predicted molar refractivity (Wildman–Crippen MR) is 123 cm³/mol. The molecule has 1 unspecified atom stereocenters. The van der Waals surface area contributed by atoms with Gasteiger partial charge in [0.25, 0.3) is 0 Å². The third-order valence-corrected chi connectivity index (χ3v) is 7.07. The molecule has 27 heavy (non-hydrogen) atoms. The zero-order valence-electron chi connectivity index (χ0n) is 16.1. The molecule has 0 amide bonds. The van der Waals surface area contributed by atoms with Gasteiger partial charge in [-0.3, -0.25) is 9.98 Å². The quantitative estimate of drug-likeness (QED) is 0.244. The summed E-state index contributed by atoms with van der Waals surface area (Å²) in [4.78, 5) is 10.9. The van der Waals surface area contributed by atoms with E-state index in [-0.39, 0.29) is 35.4 Å². The lowest BCUT2D eigenvalue weighted by Gasteiger charge is -2.36. The van der Waals surface area contributed by atoms with Crippen molar-refractivity contribution in [2.75, 3.05) is 38.5 Å². The van der Waals surface area contributed by atoms with E-state index in [2.05, 4.69) is 38.8 Å². The van der Waals surface area contributed by atoms with Gasteiger partial charge in [-0.15, -0.1) is 24.0 Å². The summed E-state index contributed by atoms with van der Waals surface area (Å²) in [5, 5.41) is 3.91. The molecule has 10 heteroatoms. The SMILES string of the molecule is CCNC(=NCCNS(=O)(=O)c1cccnc1)N1CCSC(C(C)C)C1.I. The molecule has 1 aromatic heterocycles. The Morgan fingerprint density at radius 2 is 2.26 bits per heavy atom. The second-order valence-electron chi connectivity index (χ2n) is 6.42. The Balaban J connectivity index is 0.00000364. The minimum atomic E-state index is -3.53. The number of pyridine rings is 1. The fraction of sp³-hybridized carbons (Fsp3) is 0.647. The number of nitrogens with zero attached hydrogens (tertiary/aromatic N) is 3. The number of hydrogen-bond donors (Lipinski definition) is 2. The summed E-state index contributed by atoms with van der Waals surface area (Å²) in [6.45, 7) is 9.89. The lowest BCUT2D eigenvalue weighted by Crippen LogP contribution is -2.49. The first-order valence-corrected chi connectivity index (χ1v) is 11.5. The number of sulfonamides is 1. The van der Waals surface area contributed by atoms with Crippen LogP contribution in [0.25, 0.3) is 0 Å². The highest BCUT2D eigenvalue weighted by Gasteiger charge is 2.24. The molecular formula is C17H30IN5O2S2. The molecule has 0 saturated carbocycles. The maximum atomic E-state index is 12.2. The lowest BCUT2D eigenvalue weighted by atomic mass is 10.1. The minimum Gasteiger partial charge on any atom is -0.357 e. The number of guanidine groups is 1. The summed E-state index contributed by atoms with van der Waals surface area (Å²) in [6, 6.07) is 3.13. The van der Waals surface area contributed by atoms with Gasteiger partial charge in [-0.2, -0.15) is 11.8 Å². The molecule has 2 heterocycles. The van der Waals surface area contributed by atoms with Crippen LogP contribution in [0.2, 0.25) is 0 Å². The standard InChI is InChI=1S/C17H29N5O2S2.HI/c1-4-19-17(22-10-11-25-16(13-22)14(2)3)20-8-9-21-26(23,24)15-6-5-7-18-12-15;/h5-7,12,14,16,21H,4,8-11,13H2,1-3H3,(H,19,20);1H. The van der Waals surface area contributed by atoms with E-state index in [1.165, 1.54) is 12.3 Å². The normalized spacial score (nSPS) is 18.3. The van der Waals surface area contributed by atoms with E-state index in [0.717, 1.165) is 31.3 Å². The number of rotatable bonds is 7. The Hall–Kier alpha value is -0.590. The molecule has 0 radical (unpaired) electrons. The zero-order chi connectivity index (χ0) is 19.0. The molecule has 1 aliphatic heterocycles. The first kappa shape index (κ1) is 24.4. The van der Waals surface area contributed by atoms with Crippen molar-refractivity contribution in [1.82, 2.24) is 19.9 Å². The van der Waals surface area contributed by atoms with Crippen LogP contribution in [0.3, 0.4) is 0 Å². The molecule has 1 atom stereocenters. The van der Waals surface area contributed by atoms with Gasteiger partial charge < -0.3 is 10.2 Å². The summed E-state index contributed by atoms with van der Waals surface area (Å²) >= 11 is 2.02. The van der Waals surface area contributed by atoms with Gasteiger partial charge in [0.15, 0.2) is 5.96 Å². The maximum absolute atomic E-state index is 12.2. The molecular weight excluding hydrogens is 497 g/mol. The van der Waals surface area contributed by atoms with Gasteiger partial charge in [-0.1, -0.05) is 13.8 Å². The fourth-order valence-corrected chi connectivity index (χ4v) is 4.91. The minimum absolute atomic E-state index is 0. The van der Waals surface area contributed by atoms with Crippen LogP contribution in [-0.2, 0) is 10.0 Å². The van der Waals surface area contributed by atoms with Crippen LogP contribution >= 0.6 is 35.7 Å². The first-order valence-electron chi connectivity index (χ1n) is 8.98. The van der Waals surface area contributed by atoms with Crippen LogP contribution in [0.15, 0.2) is 34.4 Å². The van der Waals surface area contributed by atoms with Gasteiger partial charge in [-0.25, -0.2) is 13.1 Å². The number of hydrogen-bond acceptors (Lipinski definition) is 5. The van der Waals surface area contributed by atoms with Crippen molar-refractivity contribution in [2.24, 2.45) is 10.9 Å². The number of nitrogens with one attached hydrogen (secondary N) is 2. The van der Waals surface area contributed by atoms with Crippen LogP contribution in [0.5, 0.6) is 0 Å². The summed E-state index contributed by atoms with van der Waals surface area (Å²) in [5.41, 5.74) is 0. The topological polar surface area (TPSA) is 86.7 Å². The largest absolute Gasteiger partial charge is 0.357 e. The van der Waals surface area contributed by atoms with E-state index in [4.69, 9.17) is 0 Å². The predicted octanol–water partition coefficient (Wildman–Crippen LogP) is 2.02. The highest BCUT2D eigenvalue weighted by atomic mass is 127. The Kier molecular flexibility index (Phi) is 10.9. The lowest BCUT2D eigenvalue weighted by molar-refractivity contribution is 0.381. The van der Waals surface area contributed by atoms with Gasteiger partial charge in [0.2, 0.25) is 10.0 Å². The van der Waals surface area contributed by atoms with Crippen molar-refractivity contribution in [3.05, 3.63) is 24.5 Å². The van der Waals surface area contributed by atoms with E-state index in [0.29, 0.717) is 17.7 Å². The highest BCUT2D eigenvalue weighted by Crippen LogP contribution is 2.24. The number of aromatic nitrogens is 1. The molecule has 0 bridgehead atoms. The summed E-state index contributed by atoms with van der Waals surface area (Å²) in [7, 11) is -3.53. The van der Waals surface area contributed by atoms with Gasteiger partial charge in [-0.05, 0) is 25.0 Å². The van der Waals surface area contributed by atoms with Crippen molar-refractivity contribution in [2.45, 2.75) is 30.9 Å². The van der Waals surface area contributed by atoms with Crippen LogP contribution in [0, 0.1) is 5.92 Å². The van der Waals surface area contributed by atoms with E-state index >= 15 is 0 Å². The highest BCUT2D eigenvalue weighted by molar-refractivity contribution is 14.0. The Bertz CT molecular complexity index is 686. The summed E-state index contributed by atoms with van der Waals surface area (Å²) < 4.78 is 27.0. The second-order valence-corrected chi connectivity index (χ2v) is 9.54. The molecule has 2 N–H and O–H groups in total. The molecule has 7 nitrogen and oxygen atoms in total. The molecule has 2 rings (SSSR count). The summed E-state index contributed by atoms with van der Waals surface area (Å²) in [6.07, 6.45) is 2.89. The van der Waals surface area contributed by atoms with Crippen molar-refractivity contribution >= 4 is 51.7 Å². The maximum Gasteiger partial charge on any atom is 0.242 e. The van der Waals surface area contributed by atoms with Crippen LogP contribution in [0.1, 0.15) is 20.8 Å². The third-order valence-electron chi connectivity index (χ3n) is 4.08. The van der Waals surface area contributed by atoms with Gasteiger partial charge in [0.05, 0.1) is 6.54 Å².